The van der Waals surface area contributed by atoms with E-state index in [1.54, 1.807) is 0 Å². The van der Waals surface area contributed by atoms with Gasteiger partial charge in [0.2, 0.25) is 0 Å². The molecule has 0 radical (unpaired) electrons. The molecule has 0 aromatic rings. The van der Waals surface area contributed by atoms with Gasteiger partial charge in [0.15, 0.2) is 0 Å². The minimum Gasteiger partial charge on any atom is -0.269 e. The molecule has 1 atom stereocenters. The smallest absolute Gasteiger partial charge is 0.269 e. The molecule has 0 saturated carbocycles. The highest BCUT2D eigenvalue weighted by Gasteiger charge is 2.05. The van der Waals surface area contributed by atoms with Crippen LogP contribution in [0.4, 0.5) is 0 Å². The second kappa shape index (κ2) is 4.18. The number of carbonyl (C=O) groups excluding carboxylic acids is 1. The first-order valence-corrected chi connectivity index (χ1v) is 3.06. The summed E-state index contributed by atoms with van der Waals surface area (Å²) >= 11 is 0. The van der Waals surface area contributed by atoms with Gasteiger partial charge in [0, 0.05) is 11.6 Å². The zero-order chi connectivity index (χ0) is 7.28. The molecule has 0 aliphatic rings. The fraction of sp³-hybridized carbons (Fsp3) is 0.833. The molecule has 52 valence electrons. The van der Waals surface area contributed by atoms with Gasteiger partial charge in [0.1, 0.15) is 0 Å². The van der Waals surface area contributed by atoms with E-state index >= 15 is 0 Å². The van der Waals surface area contributed by atoms with E-state index in [-0.39, 0.29) is 5.92 Å². The summed E-state index contributed by atoms with van der Waals surface area (Å²) in [6.07, 6.45) is 1.21. The molecule has 0 bridgehead atoms. The molecule has 1 amide bonds. The SMILES string of the molecule is CC[C@H](C)CC(=O)N=O. The van der Waals surface area contributed by atoms with Crippen molar-refractivity contribution in [3.05, 3.63) is 4.91 Å². The molecule has 0 saturated heterocycles. The van der Waals surface area contributed by atoms with Crippen molar-refractivity contribution >= 4 is 5.91 Å². The maximum Gasteiger partial charge on any atom is 0.286 e. The molecule has 0 unspecified atom stereocenters. The van der Waals surface area contributed by atoms with Crippen LogP contribution in [0.1, 0.15) is 26.7 Å². The number of hydrogen-bond acceptors (Lipinski definition) is 2. The van der Waals surface area contributed by atoms with Gasteiger partial charge in [-0.2, -0.15) is 0 Å². The lowest BCUT2D eigenvalue weighted by molar-refractivity contribution is -0.118. The van der Waals surface area contributed by atoms with E-state index in [1.165, 1.54) is 0 Å². The summed E-state index contributed by atoms with van der Waals surface area (Å²) in [6, 6.07) is 0. The highest BCUT2D eigenvalue weighted by atomic mass is 16.3. The number of nitrogens with zero attached hydrogens (tertiary/aromatic N) is 1. The van der Waals surface area contributed by atoms with Crippen LogP contribution in [0.5, 0.6) is 0 Å². The molecule has 0 aliphatic carbocycles. The lowest BCUT2D eigenvalue weighted by Gasteiger charge is -2.00. The quantitative estimate of drug-likeness (QED) is 0.544. The van der Waals surface area contributed by atoms with Crippen LogP contribution in [0.25, 0.3) is 0 Å². The summed E-state index contributed by atoms with van der Waals surface area (Å²) in [5.74, 6) is -0.250. The van der Waals surface area contributed by atoms with E-state index in [9.17, 15) is 9.70 Å². The molecule has 3 heteroatoms. The molecule has 9 heavy (non-hydrogen) atoms. The molecule has 0 fully saturated rings. The first-order valence-electron chi connectivity index (χ1n) is 3.06. The maximum atomic E-state index is 10.3. The normalized spacial score (nSPS) is 12.7. The molecule has 0 aromatic heterocycles. The first-order chi connectivity index (χ1) is 4.20. The predicted octanol–water partition coefficient (Wildman–Crippen LogP) is 1.72. The van der Waals surface area contributed by atoms with Crippen LogP contribution >= 0.6 is 0 Å². The zero-order valence-corrected chi connectivity index (χ0v) is 5.76. The van der Waals surface area contributed by atoms with Crippen molar-refractivity contribution in [1.82, 2.24) is 0 Å². The summed E-state index contributed by atoms with van der Waals surface area (Å²) in [4.78, 5) is 19.9. The number of carbonyl (C=O) groups is 1. The highest BCUT2D eigenvalue weighted by Crippen LogP contribution is 2.06. The van der Waals surface area contributed by atoms with Gasteiger partial charge in [0.25, 0.3) is 5.91 Å². The number of rotatable bonds is 3. The van der Waals surface area contributed by atoms with Gasteiger partial charge in [-0.25, -0.2) is 0 Å². The molecular formula is C6H11NO2. The third-order valence-corrected chi connectivity index (χ3v) is 1.32. The van der Waals surface area contributed by atoms with Gasteiger partial charge in [0.05, 0.1) is 0 Å². The molecule has 0 aliphatic heterocycles. The van der Waals surface area contributed by atoms with Gasteiger partial charge in [-0.1, -0.05) is 20.3 Å². The Labute approximate surface area is 54.4 Å². The van der Waals surface area contributed by atoms with Crippen molar-refractivity contribution in [1.29, 1.82) is 0 Å². The predicted molar refractivity (Wildman–Crippen MR) is 34.9 cm³/mol. The third-order valence-electron chi connectivity index (χ3n) is 1.32. The Morgan fingerprint density at radius 3 is 2.56 bits per heavy atom. The van der Waals surface area contributed by atoms with Crippen LogP contribution in [0.3, 0.4) is 0 Å². The number of nitroso groups, excluding NO2 is 1. The molecule has 0 heterocycles. The fourth-order valence-corrected chi connectivity index (χ4v) is 0.480. The van der Waals surface area contributed by atoms with E-state index in [4.69, 9.17) is 0 Å². The molecule has 0 aromatic carbocycles. The van der Waals surface area contributed by atoms with Crippen molar-refractivity contribution < 1.29 is 4.79 Å². The largest absolute Gasteiger partial charge is 0.286 e. The van der Waals surface area contributed by atoms with Crippen LogP contribution in [-0.4, -0.2) is 5.91 Å². The molecule has 0 N–H and O–H groups in total. The van der Waals surface area contributed by atoms with E-state index in [2.05, 4.69) is 5.18 Å². The summed E-state index contributed by atoms with van der Waals surface area (Å²) in [7, 11) is 0. The Kier molecular flexibility index (Phi) is 3.84. The van der Waals surface area contributed by atoms with Crippen LogP contribution in [0.2, 0.25) is 0 Å². The number of hydrogen-bond donors (Lipinski definition) is 0. The van der Waals surface area contributed by atoms with Crippen LogP contribution in [-0.2, 0) is 4.79 Å². The Morgan fingerprint density at radius 1 is 1.67 bits per heavy atom. The minimum absolute atomic E-state index is 0.287. The van der Waals surface area contributed by atoms with Crippen molar-refractivity contribution in [3.63, 3.8) is 0 Å². The Morgan fingerprint density at radius 2 is 2.22 bits per heavy atom. The van der Waals surface area contributed by atoms with E-state index in [0.29, 0.717) is 6.42 Å². The monoisotopic (exact) mass is 129 g/mol. The van der Waals surface area contributed by atoms with Gasteiger partial charge < -0.3 is 0 Å². The summed E-state index contributed by atoms with van der Waals surface area (Å²) in [6.45, 7) is 3.89. The second-order valence-corrected chi connectivity index (χ2v) is 2.20. The average Bonchev–Trinajstić information content (AvgIpc) is 1.87. The maximum absolute atomic E-state index is 10.3. The van der Waals surface area contributed by atoms with Crippen molar-refractivity contribution in [2.24, 2.45) is 11.1 Å². The zero-order valence-electron chi connectivity index (χ0n) is 5.76. The molecule has 3 nitrogen and oxygen atoms in total. The summed E-state index contributed by atoms with van der Waals surface area (Å²) < 4.78 is 0. The summed E-state index contributed by atoms with van der Waals surface area (Å²) in [5.41, 5.74) is 0. The van der Waals surface area contributed by atoms with Crippen LogP contribution in [0.15, 0.2) is 5.18 Å². The van der Waals surface area contributed by atoms with Gasteiger partial charge in [-0.05, 0) is 5.92 Å². The van der Waals surface area contributed by atoms with Gasteiger partial charge >= 0.3 is 0 Å². The Hall–Kier alpha value is -0.730. The average molecular weight is 129 g/mol. The van der Waals surface area contributed by atoms with E-state index in [1.807, 2.05) is 13.8 Å². The van der Waals surface area contributed by atoms with Crippen LogP contribution < -0.4 is 0 Å². The lowest BCUT2D eigenvalue weighted by atomic mass is 10.1. The standard InChI is InChI=1S/C6H11NO2/c1-3-5(2)4-6(8)7-9/h5H,3-4H2,1-2H3/t5-/m0/s1. The van der Waals surface area contributed by atoms with Gasteiger partial charge in [-0.3, -0.25) is 4.79 Å². The second-order valence-electron chi connectivity index (χ2n) is 2.20. The molecule has 0 rings (SSSR count). The summed E-state index contributed by atoms with van der Waals surface area (Å²) in [5, 5.41) is 2.29. The first kappa shape index (κ1) is 8.27. The fourth-order valence-electron chi connectivity index (χ4n) is 0.480. The van der Waals surface area contributed by atoms with Crippen LogP contribution in [0, 0.1) is 10.8 Å². The Balaban J connectivity index is 3.46. The van der Waals surface area contributed by atoms with Crippen molar-refractivity contribution in [2.75, 3.05) is 0 Å². The molecule has 0 spiro atoms. The van der Waals surface area contributed by atoms with Gasteiger partial charge in [-0.15, -0.1) is 4.91 Å². The van der Waals surface area contributed by atoms with Crippen molar-refractivity contribution in [3.8, 4) is 0 Å². The van der Waals surface area contributed by atoms with E-state index < -0.39 is 5.91 Å². The Bertz CT molecular complexity index is 112. The minimum atomic E-state index is -0.538. The highest BCUT2D eigenvalue weighted by molar-refractivity contribution is 5.76. The van der Waals surface area contributed by atoms with Crippen molar-refractivity contribution in [2.45, 2.75) is 26.7 Å². The topological polar surface area (TPSA) is 46.5 Å². The van der Waals surface area contributed by atoms with E-state index in [0.717, 1.165) is 6.42 Å². The number of amides is 1. The molecular weight excluding hydrogens is 118 g/mol. The lowest BCUT2D eigenvalue weighted by Crippen LogP contribution is -2.00. The third kappa shape index (κ3) is 3.82.